The van der Waals surface area contributed by atoms with E-state index in [1.165, 1.54) is 12.1 Å². The van der Waals surface area contributed by atoms with Crippen LogP contribution in [0.15, 0.2) is 52.7 Å². The number of nitrogens with one attached hydrogen (secondary N) is 1. The number of azo groups is 1. The molecule has 3 rings (SSSR count). The smallest absolute Gasteiger partial charge is 0.311 e. The van der Waals surface area contributed by atoms with Crippen LogP contribution < -0.4 is 4.74 Å². The van der Waals surface area contributed by atoms with Gasteiger partial charge in [-0.15, -0.1) is 10.2 Å². The lowest BCUT2D eigenvalue weighted by molar-refractivity contribution is -0.385. The zero-order chi connectivity index (χ0) is 24.4. The minimum absolute atomic E-state index is 0.0196. The zero-order valence-corrected chi connectivity index (χ0v) is 19.4. The maximum atomic E-state index is 12.2. The summed E-state index contributed by atoms with van der Waals surface area (Å²) < 4.78 is 5.40. The normalized spacial score (nSPS) is 12.4. The molecule has 1 aromatic heterocycles. The summed E-state index contributed by atoms with van der Waals surface area (Å²) in [6.45, 7) is 9.92. The topological polar surface area (TPSA) is 130 Å². The number of nitro groups is 1. The fraction of sp³-hybridized carbons (Fsp3) is 0.375. The average molecular weight is 453 g/mol. The Morgan fingerprint density at radius 1 is 1.15 bits per heavy atom. The number of amides is 1. The Labute approximate surface area is 191 Å². The molecular formula is C24H28N4O5. The molecule has 0 saturated carbocycles. The van der Waals surface area contributed by atoms with Crippen molar-refractivity contribution in [1.29, 1.82) is 0 Å². The molecule has 0 aliphatic rings. The molecule has 9 heteroatoms. The molecule has 9 nitrogen and oxygen atoms in total. The Balaban J connectivity index is 1.75. The van der Waals surface area contributed by atoms with Crippen molar-refractivity contribution in [1.82, 2.24) is 4.98 Å². The molecule has 0 aliphatic heterocycles. The van der Waals surface area contributed by atoms with Gasteiger partial charge in [-0.1, -0.05) is 58.9 Å². The van der Waals surface area contributed by atoms with Crippen LogP contribution in [-0.4, -0.2) is 27.5 Å². The lowest BCUT2D eigenvalue weighted by atomic mass is 9.72. The van der Waals surface area contributed by atoms with E-state index >= 15 is 0 Å². The van der Waals surface area contributed by atoms with Crippen molar-refractivity contribution >= 4 is 28.2 Å². The third-order valence-electron chi connectivity index (χ3n) is 5.18. The number of para-hydroxylation sites is 1. The molecule has 0 fully saturated rings. The number of fused-ring (bicyclic) bond motifs is 1. The van der Waals surface area contributed by atoms with Gasteiger partial charge in [0.25, 0.3) is 0 Å². The molecule has 0 aliphatic carbocycles. The lowest BCUT2D eigenvalue weighted by Crippen LogP contribution is -2.25. The van der Waals surface area contributed by atoms with Crippen molar-refractivity contribution in [2.45, 2.75) is 46.5 Å². The number of nitro benzene ring substituents is 1. The van der Waals surface area contributed by atoms with Gasteiger partial charge in [-0.2, -0.15) is 0 Å². The minimum atomic E-state index is -0.744. The summed E-state index contributed by atoms with van der Waals surface area (Å²) in [5.74, 6) is -0.974. The van der Waals surface area contributed by atoms with Gasteiger partial charge in [0, 0.05) is 11.5 Å². The Morgan fingerprint density at radius 3 is 2.52 bits per heavy atom. The maximum absolute atomic E-state index is 12.2. The van der Waals surface area contributed by atoms with E-state index in [0.29, 0.717) is 10.9 Å². The summed E-state index contributed by atoms with van der Waals surface area (Å²) in [5, 5.41) is 29.6. The van der Waals surface area contributed by atoms with Crippen molar-refractivity contribution in [2.24, 2.45) is 15.6 Å². The van der Waals surface area contributed by atoms with Crippen LogP contribution in [0.25, 0.3) is 10.9 Å². The predicted octanol–water partition coefficient (Wildman–Crippen LogP) is 6.18. The fourth-order valence-corrected chi connectivity index (χ4v) is 4.12. The largest absolute Gasteiger partial charge is 0.493 e. The van der Waals surface area contributed by atoms with Crippen LogP contribution in [0.1, 0.15) is 46.6 Å². The SMILES string of the molecule is CC(C)(C)CC(C)(C)c1ccc(OCC(=O)N=Nc2c(O)[nH]c3ccccc23)c([N+](=O)[O-])c1. The molecule has 33 heavy (non-hydrogen) atoms. The van der Waals surface area contributed by atoms with Crippen molar-refractivity contribution in [3.8, 4) is 11.6 Å². The van der Waals surface area contributed by atoms with Crippen LogP contribution in [0.5, 0.6) is 11.6 Å². The van der Waals surface area contributed by atoms with Crippen molar-refractivity contribution in [2.75, 3.05) is 6.61 Å². The Kier molecular flexibility index (Phi) is 6.53. The average Bonchev–Trinajstić information content (AvgIpc) is 3.03. The number of carbonyl (C=O) groups is 1. The molecular weight excluding hydrogens is 424 g/mol. The standard InChI is InChI=1S/C24H28N4O5/c1-23(2,3)14-24(4,5)15-10-11-19(18(12-15)28(31)32)33-13-20(29)26-27-21-16-8-6-7-9-17(16)25-22(21)30/h6-12,25,30H,13-14H2,1-5H3. The maximum Gasteiger partial charge on any atom is 0.311 e. The first-order valence-corrected chi connectivity index (χ1v) is 10.5. The highest BCUT2D eigenvalue weighted by Gasteiger charge is 2.30. The summed E-state index contributed by atoms with van der Waals surface area (Å²) in [4.78, 5) is 26.0. The molecule has 1 heterocycles. The number of rotatable bonds is 7. The molecule has 0 unspecified atom stereocenters. The first-order chi connectivity index (χ1) is 15.4. The summed E-state index contributed by atoms with van der Waals surface area (Å²) in [6, 6.07) is 11.8. The second-order valence-electron chi connectivity index (χ2n) is 9.81. The monoisotopic (exact) mass is 452 g/mol. The van der Waals surface area contributed by atoms with Gasteiger partial charge in [-0.3, -0.25) is 14.9 Å². The summed E-state index contributed by atoms with van der Waals surface area (Å²) in [7, 11) is 0. The molecule has 2 N–H and O–H groups in total. The van der Waals surface area contributed by atoms with Gasteiger partial charge in [0.2, 0.25) is 5.88 Å². The van der Waals surface area contributed by atoms with Crippen LogP contribution in [-0.2, 0) is 10.2 Å². The Bertz CT molecular complexity index is 1220. The third-order valence-corrected chi connectivity index (χ3v) is 5.18. The van der Waals surface area contributed by atoms with Gasteiger partial charge in [-0.25, -0.2) is 0 Å². The van der Waals surface area contributed by atoms with E-state index in [1.54, 1.807) is 30.3 Å². The highest BCUT2D eigenvalue weighted by atomic mass is 16.6. The highest BCUT2D eigenvalue weighted by Crippen LogP contribution is 2.39. The summed E-state index contributed by atoms with van der Waals surface area (Å²) in [6.07, 6.45) is 0.830. The fourth-order valence-electron chi connectivity index (χ4n) is 4.12. The zero-order valence-electron chi connectivity index (χ0n) is 19.4. The van der Waals surface area contributed by atoms with E-state index in [0.717, 1.165) is 12.0 Å². The number of aromatic amines is 1. The third kappa shape index (κ3) is 5.74. The number of hydrogen-bond acceptors (Lipinski definition) is 6. The van der Waals surface area contributed by atoms with E-state index < -0.39 is 17.4 Å². The molecule has 2 aromatic carbocycles. The lowest BCUT2D eigenvalue weighted by Gasteiger charge is -2.33. The summed E-state index contributed by atoms with van der Waals surface area (Å²) >= 11 is 0. The van der Waals surface area contributed by atoms with Gasteiger partial charge in [0.1, 0.15) is 0 Å². The van der Waals surface area contributed by atoms with E-state index in [9.17, 15) is 20.0 Å². The Hall–Kier alpha value is -3.75. The number of carbonyl (C=O) groups excluding carboxylic acids is 1. The number of H-pyrrole nitrogens is 1. The van der Waals surface area contributed by atoms with Gasteiger partial charge >= 0.3 is 11.6 Å². The van der Waals surface area contributed by atoms with E-state index in [1.807, 2.05) is 13.8 Å². The van der Waals surface area contributed by atoms with E-state index in [2.05, 4.69) is 36.0 Å². The quantitative estimate of drug-likeness (QED) is 0.251. The first-order valence-electron chi connectivity index (χ1n) is 10.5. The highest BCUT2D eigenvalue weighted by molar-refractivity contribution is 5.94. The van der Waals surface area contributed by atoms with E-state index in [4.69, 9.17) is 4.74 Å². The number of nitrogens with zero attached hydrogens (tertiary/aromatic N) is 3. The molecule has 174 valence electrons. The predicted molar refractivity (Wildman–Crippen MR) is 125 cm³/mol. The molecule has 0 saturated heterocycles. The molecule has 3 aromatic rings. The Morgan fingerprint density at radius 2 is 1.85 bits per heavy atom. The van der Waals surface area contributed by atoms with E-state index in [-0.39, 0.29) is 33.8 Å². The van der Waals surface area contributed by atoms with Crippen LogP contribution in [0.4, 0.5) is 11.4 Å². The molecule has 1 amide bonds. The van der Waals surface area contributed by atoms with Crippen molar-refractivity contribution in [3.63, 3.8) is 0 Å². The number of aromatic nitrogens is 1. The van der Waals surface area contributed by atoms with Crippen LogP contribution in [0, 0.1) is 15.5 Å². The van der Waals surface area contributed by atoms with Gasteiger partial charge in [-0.05, 0) is 34.9 Å². The molecule has 0 atom stereocenters. The first kappa shape index (κ1) is 23.9. The van der Waals surface area contributed by atoms with Crippen LogP contribution in [0.3, 0.4) is 0 Å². The number of hydrogen-bond donors (Lipinski definition) is 2. The van der Waals surface area contributed by atoms with Gasteiger partial charge < -0.3 is 14.8 Å². The van der Waals surface area contributed by atoms with Crippen LogP contribution in [0.2, 0.25) is 0 Å². The number of ether oxygens (including phenoxy) is 1. The number of benzene rings is 2. The second-order valence-corrected chi connectivity index (χ2v) is 9.81. The minimum Gasteiger partial charge on any atom is -0.493 e. The summed E-state index contributed by atoms with van der Waals surface area (Å²) in [5.41, 5.74) is 1.15. The second kappa shape index (κ2) is 9.01. The number of aromatic hydroxyl groups is 1. The van der Waals surface area contributed by atoms with Crippen molar-refractivity contribution < 1.29 is 19.6 Å². The molecule has 0 radical (unpaired) electrons. The van der Waals surface area contributed by atoms with Gasteiger partial charge in [0.15, 0.2) is 18.0 Å². The molecule has 0 spiro atoms. The van der Waals surface area contributed by atoms with Crippen LogP contribution >= 0.6 is 0 Å². The van der Waals surface area contributed by atoms with Crippen molar-refractivity contribution in [3.05, 3.63) is 58.1 Å². The molecule has 0 bridgehead atoms. The van der Waals surface area contributed by atoms with Gasteiger partial charge in [0.05, 0.1) is 10.4 Å².